The highest BCUT2D eigenvalue weighted by Crippen LogP contribution is 2.18. The van der Waals surface area contributed by atoms with Gasteiger partial charge in [0.25, 0.3) is 5.91 Å². The van der Waals surface area contributed by atoms with E-state index in [2.05, 4.69) is 10.4 Å². The number of hydrogen-bond acceptors (Lipinski definition) is 4. The lowest BCUT2D eigenvalue weighted by atomic mass is 10.3. The van der Waals surface area contributed by atoms with Crippen LogP contribution >= 0.6 is 11.3 Å². The average Bonchev–Trinajstić information content (AvgIpc) is 2.91. The maximum Gasteiger partial charge on any atom is 0.263 e. The van der Waals surface area contributed by atoms with Crippen molar-refractivity contribution in [1.29, 1.82) is 0 Å². The molecule has 2 aromatic heterocycles. The van der Waals surface area contributed by atoms with E-state index >= 15 is 0 Å². The molecule has 0 aliphatic carbocycles. The Morgan fingerprint density at radius 3 is 2.89 bits per heavy atom. The number of carbonyl (C=O) groups is 1. The maximum atomic E-state index is 11.8. The van der Waals surface area contributed by atoms with Crippen molar-refractivity contribution in [2.75, 3.05) is 12.3 Å². The quantitative estimate of drug-likeness (QED) is 0.821. The zero-order valence-corrected chi connectivity index (χ0v) is 12.0. The van der Waals surface area contributed by atoms with Gasteiger partial charge in [0.05, 0.1) is 11.4 Å². The molecule has 0 aliphatic rings. The minimum absolute atomic E-state index is 0.0964. The van der Waals surface area contributed by atoms with Crippen molar-refractivity contribution in [3.63, 3.8) is 0 Å². The summed E-state index contributed by atoms with van der Waals surface area (Å²) in [4.78, 5) is 12.4. The Labute approximate surface area is 116 Å². The monoisotopic (exact) mass is 278 g/mol. The summed E-state index contributed by atoms with van der Waals surface area (Å²) in [5, 5.41) is 9.07. The number of anilines is 1. The fourth-order valence-corrected chi connectivity index (χ4v) is 2.65. The second-order valence-electron chi connectivity index (χ2n) is 4.46. The first-order valence-electron chi connectivity index (χ1n) is 6.20. The standard InChI is InChI=1S/C13H18N4OS/c1-9-8-10(2)17(16-9)6-3-5-15-13(18)12-11(14)4-7-19-12/h4,7-8H,3,5-6,14H2,1-2H3,(H,15,18). The van der Waals surface area contributed by atoms with Gasteiger partial charge in [-0.05, 0) is 37.8 Å². The average molecular weight is 278 g/mol. The van der Waals surface area contributed by atoms with Crippen LogP contribution in [0.25, 0.3) is 0 Å². The SMILES string of the molecule is Cc1cc(C)n(CCCNC(=O)c2sccc2N)n1. The van der Waals surface area contributed by atoms with Crippen molar-refractivity contribution >= 4 is 22.9 Å². The first kappa shape index (κ1) is 13.6. The van der Waals surface area contributed by atoms with Crippen LogP contribution in [0.5, 0.6) is 0 Å². The lowest BCUT2D eigenvalue weighted by Crippen LogP contribution is -2.25. The van der Waals surface area contributed by atoms with E-state index in [0.717, 1.165) is 24.4 Å². The second kappa shape index (κ2) is 5.88. The number of aryl methyl sites for hydroxylation is 3. The number of nitrogen functional groups attached to an aromatic ring is 1. The molecule has 2 aromatic rings. The summed E-state index contributed by atoms with van der Waals surface area (Å²) in [7, 11) is 0. The van der Waals surface area contributed by atoms with E-state index in [1.54, 1.807) is 6.07 Å². The fourth-order valence-electron chi connectivity index (χ4n) is 1.92. The van der Waals surface area contributed by atoms with Gasteiger partial charge in [-0.3, -0.25) is 9.48 Å². The molecular weight excluding hydrogens is 260 g/mol. The van der Waals surface area contributed by atoms with Gasteiger partial charge < -0.3 is 11.1 Å². The molecule has 5 nitrogen and oxygen atoms in total. The number of amides is 1. The minimum atomic E-state index is -0.0964. The van der Waals surface area contributed by atoms with E-state index in [-0.39, 0.29) is 5.91 Å². The van der Waals surface area contributed by atoms with Gasteiger partial charge in [-0.1, -0.05) is 0 Å². The first-order chi connectivity index (χ1) is 9.08. The summed E-state index contributed by atoms with van der Waals surface area (Å²) in [5.41, 5.74) is 8.40. The molecule has 0 fully saturated rings. The predicted molar refractivity (Wildman–Crippen MR) is 77.4 cm³/mol. The number of carbonyl (C=O) groups excluding carboxylic acids is 1. The maximum absolute atomic E-state index is 11.8. The number of nitrogens with zero attached hydrogens (tertiary/aromatic N) is 2. The molecule has 2 heterocycles. The number of aromatic nitrogens is 2. The van der Waals surface area contributed by atoms with E-state index in [1.807, 2.05) is 30.0 Å². The number of thiophene rings is 1. The van der Waals surface area contributed by atoms with Crippen molar-refractivity contribution in [1.82, 2.24) is 15.1 Å². The first-order valence-corrected chi connectivity index (χ1v) is 7.08. The van der Waals surface area contributed by atoms with Crippen LogP contribution in [0.1, 0.15) is 27.5 Å². The molecule has 0 aliphatic heterocycles. The molecule has 6 heteroatoms. The molecule has 0 saturated carbocycles. The van der Waals surface area contributed by atoms with Gasteiger partial charge in [0, 0.05) is 18.8 Å². The molecule has 2 rings (SSSR count). The molecule has 1 amide bonds. The summed E-state index contributed by atoms with van der Waals surface area (Å²) in [6.45, 7) is 5.43. The topological polar surface area (TPSA) is 72.9 Å². The molecule has 0 saturated heterocycles. The van der Waals surface area contributed by atoms with Crippen LogP contribution in [0.4, 0.5) is 5.69 Å². The zero-order chi connectivity index (χ0) is 13.8. The minimum Gasteiger partial charge on any atom is -0.397 e. The van der Waals surface area contributed by atoms with Crippen molar-refractivity contribution in [3.8, 4) is 0 Å². The van der Waals surface area contributed by atoms with Crippen molar-refractivity contribution in [3.05, 3.63) is 33.8 Å². The van der Waals surface area contributed by atoms with Gasteiger partial charge in [-0.15, -0.1) is 11.3 Å². The largest absolute Gasteiger partial charge is 0.397 e. The van der Waals surface area contributed by atoms with Crippen LogP contribution in [0.3, 0.4) is 0 Å². The van der Waals surface area contributed by atoms with Gasteiger partial charge in [-0.25, -0.2) is 0 Å². The molecule has 0 spiro atoms. The number of rotatable bonds is 5. The van der Waals surface area contributed by atoms with Crippen LogP contribution in [0.2, 0.25) is 0 Å². The number of nitrogens with one attached hydrogen (secondary N) is 1. The highest BCUT2D eigenvalue weighted by atomic mass is 32.1. The summed E-state index contributed by atoms with van der Waals surface area (Å²) in [5.74, 6) is -0.0964. The molecule has 0 atom stereocenters. The van der Waals surface area contributed by atoms with Gasteiger partial charge in [0.15, 0.2) is 0 Å². The lowest BCUT2D eigenvalue weighted by Gasteiger charge is -2.06. The Bertz CT molecular complexity index is 573. The Morgan fingerprint density at radius 2 is 2.32 bits per heavy atom. The summed E-state index contributed by atoms with van der Waals surface area (Å²) >= 11 is 1.36. The van der Waals surface area contributed by atoms with Crippen molar-refractivity contribution in [2.24, 2.45) is 0 Å². The Kier molecular flexibility index (Phi) is 4.21. The van der Waals surface area contributed by atoms with Crippen LogP contribution in [-0.4, -0.2) is 22.2 Å². The Balaban J connectivity index is 1.77. The summed E-state index contributed by atoms with van der Waals surface area (Å²) < 4.78 is 1.96. The second-order valence-corrected chi connectivity index (χ2v) is 5.38. The fraction of sp³-hybridized carbons (Fsp3) is 0.385. The van der Waals surface area contributed by atoms with Gasteiger partial charge in [0.1, 0.15) is 4.88 Å². The molecule has 0 unspecified atom stereocenters. The van der Waals surface area contributed by atoms with E-state index in [4.69, 9.17) is 5.73 Å². The van der Waals surface area contributed by atoms with Gasteiger partial charge >= 0.3 is 0 Å². The van der Waals surface area contributed by atoms with Crippen LogP contribution in [0, 0.1) is 13.8 Å². The summed E-state index contributed by atoms with van der Waals surface area (Å²) in [6, 6.07) is 3.79. The van der Waals surface area contributed by atoms with Gasteiger partial charge in [-0.2, -0.15) is 5.10 Å². The van der Waals surface area contributed by atoms with Gasteiger partial charge in [0.2, 0.25) is 0 Å². The van der Waals surface area contributed by atoms with Crippen molar-refractivity contribution < 1.29 is 4.79 Å². The normalized spacial score (nSPS) is 10.6. The molecule has 0 radical (unpaired) electrons. The van der Waals surface area contributed by atoms with E-state index in [0.29, 0.717) is 17.1 Å². The smallest absolute Gasteiger partial charge is 0.263 e. The molecule has 0 bridgehead atoms. The highest BCUT2D eigenvalue weighted by molar-refractivity contribution is 7.12. The third kappa shape index (κ3) is 3.35. The van der Waals surface area contributed by atoms with Crippen LogP contribution in [0.15, 0.2) is 17.5 Å². The molecule has 19 heavy (non-hydrogen) atoms. The molecule has 0 aromatic carbocycles. The zero-order valence-electron chi connectivity index (χ0n) is 11.1. The molecule has 102 valence electrons. The molecular formula is C13H18N4OS. The summed E-state index contributed by atoms with van der Waals surface area (Å²) in [6.07, 6.45) is 0.846. The third-order valence-electron chi connectivity index (χ3n) is 2.84. The Hall–Kier alpha value is -1.82. The van der Waals surface area contributed by atoms with Crippen LogP contribution in [-0.2, 0) is 6.54 Å². The van der Waals surface area contributed by atoms with Crippen molar-refractivity contribution in [2.45, 2.75) is 26.8 Å². The van der Waals surface area contributed by atoms with E-state index in [1.165, 1.54) is 11.3 Å². The Morgan fingerprint density at radius 1 is 1.53 bits per heavy atom. The predicted octanol–water partition coefficient (Wildman–Crippen LogP) is 1.96. The third-order valence-corrected chi connectivity index (χ3v) is 3.77. The van der Waals surface area contributed by atoms with E-state index in [9.17, 15) is 4.79 Å². The molecule has 3 N–H and O–H groups in total. The van der Waals surface area contributed by atoms with E-state index < -0.39 is 0 Å². The number of nitrogens with two attached hydrogens (primary N) is 1. The lowest BCUT2D eigenvalue weighted by molar-refractivity contribution is 0.0957. The number of hydrogen-bond donors (Lipinski definition) is 2. The van der Waals surface area contributed by atoms with Crippen LogP contribution < -0.4 is 11.1 Å². The highest BCUT2D eigenvalue weighted by Gasteiger charge is 2.10.